The molecule has 5 nitrogen and oxygen atoms in total. The predicted molar refractivity (Wildman–Crippen MR) is 78.7 cm³/mol. The van der Waals surface area contributed by atoms with Crippen molar-refractivity contribution in [2.24, 2.45) is 0 Å². The van der Waals surface area contributed by atoms with E-state index >= 15 is 0 Å². The van der Waals surface area contributed by atoms with Crippen molar-refractivity contribution < 1.29 is 13.5 Å². The first-order valence-electron chi connectivity index (χ1n) is 7.87. The van der Waals surface area contributed by atoms with E-state index in [-0.39, 0.29) is 11.5 Å². The van der Waals surface area contributed by atoms with Crippen LogP contribution in [0.15, 0.2) is 18.2 Å². The van der Waals surface area contributed by atoms with Gasteiger partial charge in [-0.15, -0.1) is 10.2 Å². The van der Waals surface area contributed by atoms with Crippen molar-refractivity contribution in [3.8, 4) is 0 Å². The van der Waals surface area contributed by atoms with Gasteiger partial charge in [0.25, 0.3) is 0 Å². The molecule has 0 bridgehead atoms. The lowest BCUT2D eigenvalue weighted by molar-refractivity contribution is 0.0798. The molecule has 0 radical (unpaired) electrons. The molecule has 3 heterocycles. The first-order chi connectivity index (χ1) is 11.2. The highest BCUT2D eigenvalue weighted by Crippen LogP contribution is 2.31. The first kappa shape index (κ1) is 14.7. The minimum atomic E-state index is -0.450. The molecule has 0 saturated carbocycles. The van der Waals surface area contributed by atoms with Gasteiger partial charge in [0.2, 0.25) is 0 Å². The van der Waals surface area contributed by atoms with Crippen molar-refractivity contribution in [3.63, 3.8) is 0 Å². The van der Waals surface area contributed by atoms with Gasteiger partial charge in [0.15, 0.2) is 5.82 Å². The number of nitrogens with zero attached hydrogens (tertiary/aromatic N) is 4. The van der Waals surface area contributed by atoms with E-state index in [0.717, 1.165) is 31.2 Å². The quantitative estimate of drug-likeness (QED) is 0.868. The zero-order valence-electron chi connectivity index (χ0n) is 12.7. The van der Waals surface area contributed by atoms with Crippen LogP contribution in [0.5, 0.6) is 0 Å². The molecule has 0 aliphatic carbocycles. The average Bonchev–Trinajstić information content (AvgIpc) is 3.16. The van der Waals surface area contributed by atoms with Crippen molar-refractivity contribution in [2.75, 3.05) is 19.7 Å². The van der Waals surface area contributed by atoms with Crippen molar-refractivity contribution in [1.82, 2.24) is 19.7 Å². The normalized spacial score (nSPS) is 21.6. The number of aromatic nitrogens is 3. The molecule has 122 valence electrons. The Balaban J connectivity index is 1.48. The second kappa shape index (κ2) is 5.98. The number of hydrogen-bond donors (Lipinski definition) is 0. The molecule has 1 aromatic heterocycles. The largest absolute Gasteiger partial charge is 0.372 e. The molecule has 1 fully saturated rings. The summed E-state index contributed by atoms with van der Waals surface area (Å²) in [5, 5.41) is 8.38. The maximum atomic E-state index is 13.9. The van der Waals surface area contributed by atoms with Crippen LogP contribution >= 0.6 is 0 Å². The fourth-order valence-electron chi connectivity index (χ4n) is 3.49. The number of fused-ring (bicyclic) bond motifs is 1. The van der Waals surface area contributed by atoms with Crippen LogP contribution in [0.3, 0.4) is 0 Å². The summed E-state index contributed by atoms with van der Waals surface area (Å²) in [6.45, 7) is 4.02. The maximum absolute atomic E-state index is 13.9. The third-order valence-electron chi connectivity index (χ3n) is 4.64. The van der Waals surface area contributed by atoms with Gasteiger partial charge in [-0.1, -0.05) is 6.07 Å². The molecule has 1 unspecified atom stereocenters. The van der Waals surface area contributed by atoms with Gasteiger partial charge in [-0.2, -0.15) is 0 Å². The summed E-state index contributed by atoms with van der Waals surface area (Å²) in [6, 6.07) is 4.07. The van der Waals surface area contributed by atoms with Crippen molar-refractivity contribution in [2.45, 2.75) is 32.0 Å². The van der Waals surface area contributed by atoms with E-state index in [4.69, 9.17) is 4.74 Å². The van der Waals surface area contributed by atoms with Crippen LogP contribution in [0.2, 0.25) is 0 Å². The highest BCUT2D eigenvalue weighted by atomic mass is 19.1. The van der Waals surface area contributed by atoms with Crippen molar-refractivity contribution >= 4 is 0 Å². The van der Waals surface area contributed by atoms with E-state index < -0.39 is 11.6 Å². The summed E-state index contributed by atoms with van der Waals surface area (Å²) in [6.07, 6.45) is 0.752. The van der Waals surface area contributed by atoms with Gasteiger partial charge in [0, 0.05) is 24.6 Å². The summed E-state index contributed by atoms with van der Waals surface area (Å²) in [7, 11) is 0. The Bertz CT molecular complexity index is 698. The highest BCUT2D eigenvalue weighted by Gasteiger charge is 2.29. The Labute approximate surface area is 132 Å². The van der Waals surface area contributed by atoms with Gasteiger partial charge < -0.3 is 9.30 Å². The lowest BCUT2D eigenvalue weighted by atomic mass is 9.97. The van der Waals surface area contributed by atoms with Crippen LogP contribution in [-0.4, -0.2) is 39.4 Å². The Morgan fingerprint density at radius 2 is 2.00 bits per heavy atom. The zero-order chi connectivity index (χ0) is 15.8. The second-order valence-electron chi connectivity index (χ2n) is 6.09. The molecular formula is C16H18F2N4O. The topological polar surface area (TPSA) is 43.2 Å². The number of benzene rings is 1. The van der Waals surface area contributed by atoms with Gasteiger partial charge in [-0.25, -0.2) is 8.78 Å². The van der Waals surface area contributed by atoms with Crippen LogP contribution in [0.1, 0.15) is 29.6 Å². The van der Waals surface area contributed by atoms with Crippen LogP contribution in [-0.2, 0) is 24.4 Å². The summed E-state index contributed by atoms with van der Waals surface area (Å²) < 4.78 is 35.3. The molecule has 1 aromatic carbocycles. The van der Waals surface area contributed by atoms with Gasteiger partial charge in [0.1, 0.15) is 24.1 Å². The SMILES string of the molecule is Fc1cccc(F)c1C1CCN(Cc2nnc3n2CCOC3)C1. The van der Waals surface area contributed by atoms with Gasteiger partial charge in [0.05, 0.1) is 13.2 Å². The summed E-state index contributed by atoms with van der Waals surface area (Å²) >= 11 is 0. The molecule has 0 amide bonds. The molecule has 1 atom stereocenters. The smallest absolute Gasteiger partial charge is 0.159 e. The Morgan fingerprint density at radius 1 is 1.17 bits per heavy atom. The first-order valence-corrected chi connectivity index (χ1v) is 7.87. The Hall–Kier alpha value is -1.86. The fourth-order valence-corrected chi connectivity index (χ4v) is 3.49. The summed E-state index contributed by atoms with van der Waals surface area (Å²) in [5.74, 6) is 0.742. The third kappa shape index (κ3) is 2.74. The summed E-state index contributed by atoms with van der Waals surface area (Å²) in [4.78, 5) is 2.18. The third-order valence-corrected chi connectivity index (χ3v) is 4.64. The van der Waals surface area contributed by atoms with E-state index in [1.54, 1.807) is 0 Å². The molecule has 0 spiro atoms. The van der Waals surface area contributed by atoms with Gasteiger partial charge >= 0.3 is 0 Å². The number of ether oxygens (including phenoxy) is 1. The fraction of sp³-hybridized carbons (Fsp3) is 0.500. The monoisotopic (exact) mass is 320 g/mol. The molecule has 1 saturated heterocycles. The number of rotatable bonds is 3. The van der Waals surface area contributed by atoms with Crippen molar-refractivity contribution in [1.29, 1.82) is 0 Å². The molecule has 23 heavy (non-hydrogen) atoms. The molecule has 4 rings (SSSR count). The van der Waals surface area contributed by atoms with E-state index in [1.807, 2.05) is 0 Å². The average molecular weight is 320 g/mol. The van der Waals surface area contributed by atoms with Crippen molar-refractivity contribution in [3.05, 3.63) is 47.0 Å². The summed E-state index contributed by atoms with van der Waals surface area (Å²) in [5.41, 5.74) is 0.215. The Kier molecular flexibility index (Phi) is 3.82. The van der Waals surface area contributed by atoms with Crippen LogP contribution in [0.25, 0.3) is 0 Å². The van der Waals surface area contributed by atoms with E-state index in [9.17, 15) is 8.78 Å². The van der Waals surface area contributed by atoms with Crippen LogP contribution in [0, 0.1) is 11.6 Å². The lowest BCUT2D eigenvalue weighted by Crippen LogP contribution is -2.25. The van der Waals surface area contributed by atoms with Crippen LogP contribution < -0.4 is 0 Å². The minimum absolute atomic E-state index is 0.108. The van der Waals surface area contributed by atoms with Crippen LogP contribution in [0.4, 0.5) is 8.78 Å². The van der Waals surface area contributed by atoms with E-state index in [2.05, 4.69) is 19.7 Å². The van der Waals surface area contributed by atoms with Gasteiger partial charge in [-0.3, -0.25) is 4.90 Å². The molecule has 2 aromatic rings. The number of likely N-dealkylation sites (tertiary alicyclic amines) is 1. The molecular weight excluding hydrogens is 302 g/mol. The number of hydrogen-bond acceptors (Lipinski definition) is 4. The molecule has 0 N–H and O–H groups in total. The predicted octanol–water partition coefficient (Wildman–Crippen LogP) is 2.08. The lowest BCUT2D eigenvalue weighted by Gasteiger charge is -2.19. The second-order valence-corrected chi connectivity index (χ2v) is 6.09. The standard InChI is InChI=1S/C16H18F2N4O/c17-12-2-1-3-13(18)16(12)11-4-5-21(8-11)9-14-19-20-15-10-23-7-6-22(14)15/h1-3,11H,4-10H2. The maximum Gasteiger partial charge on any atom is 0.159 e. The molecule has 7 heteroatoms. The van der Waals surface area contributed by atoms with E-state index in [0.29, 0.717) is 26.3 Å². The van der Waals surface area contributed by atoms with Gasteiger partial charge in [-0.05, 0) is 25.1 Å². The highest BCUT2D eigenvalue weighted by molar-refractivity contribution is 5.25. The number of halogens is 2. The zero-order valence-corrected chi connectivity index (χ0v) is 12.7. The molecule has 2 aliphatic rings. The minimum Gasteiger partial charge on any atom is -0.372 e. The van der Waals surface area contributed by atoms with E-state index in [1.165, 1.54) is 18.2 Å². The Morgan fingerprint density at radius 3 is 2.83 bits per heavy atom. The molecule has 2 aliphatic heterocycles.